The predicted octanol–water partition coefficient (Wildman–Crippen LogP) is 1.65. The van der Waals surface area contributed by atoms with Crippen molar-refractivity contribution in [1.29, 1.82) is 0 Å². The molecular formula is C10H23N3O. The number of carbonyl (C=O) groups is 1. The Balaban J connectivity index is 0. The van der Waals surface area contributed by atoms with Crippen LogP contribution < -0.4 is 11.1 Å². The van der Waals surface area contributed by atoms with Crippen molar-refractivity contribution in [3.8, 4) is 0 Å². The SMILES string of the molecule is CC.CCC(C)(C)N=C(N)NC(C)=O. The minimum atomic E-state index is -0.202. The van der Waals surface area contributed by atoms with Gasteiger partial charge in [-0.15, -0.1) is 0 Å². The highest BCUT2D eigenvalue weighted by atomic mass is 16.1. The third-order valence-corrected chi connectivity index (χ3v) is 1.59. The summed E-state index contributed by atoms with van der Waals surface area (Å²) in [6, 6.07) is 0. The molecule has 0 aliphatic carbocycles. The molecule has 0 unspecified atom stereocenters. The average molecular weight is 201 g/mol. The number of rotatable bonds is 2. The maximum atomic E-state index is 10.6. The van der Waals surface area contributed by atoms with E-state index in [0.29, 0.717) is 0 Å². The van der Waals surface area contributed by atoms with Gasteiger partial charge >= 0.3 is 0 Å². The van der Waals surface area contributed by atoms with Gasteiger partial charge in [0.1, 0.15) is 0 Å². The van der Waals surface area contributed by atoms with Crippen LogP contribution >= 0.6 is 0 Å². The van der Waals surface area contributed by atoms with Gasteiger partial charge in [0.15, 0.2) is 5.96 Å². The Morgan fingerprint density at radius 2 is 1.86 bits per heavy atom. The maximum Gasteiger partial charge on any atom is 0.223 e. The summed E-state index contributed by atoms with van der Waals surface area (Å²) in [5.74, 6) is -0.00231. The molecule has 0 fully saturated rings. The molecule has 0 spiro atoms. The molecule has 0 aliphatic rings. The summed E-state index contributed by atoms with van der Waals surface area (Å²) in [4.78, 5) is 14.7. The number of amides is 1. The van der Waals surface area contributed by atoms with Crippen LogP contribution in [-0.4, -0.2) is 17.4 Å². The Morgan fingerprint density at radius 3 is 2.14 bits per heavy atom. The normalized spacial score (nSPS) is 11.4. The summed E-state index contributed by atoms with van der Waals surface area (Å²) in [7, 11) is 0. The summed E-state index contributed by atoms with van der Waals surface area (Å²) < 4.78 is 0. The highest BCUT2D eigenvalue weighted by Crippen LogP contribution is 2.12. The van der Waals surface area contributed by atoms with Gasteiger partial charge in [-0.3, -0.25) is 10.1 Å². The molecule has 0 radical (unpaired) electrons. The van der Waals surface area contributed by atoms with Gasteiger partial charge in [0.2, 0.25) is 5.91 Å². The minimum Gasteiger partial charge on any atom is -0.370 e. The van der Waals surface area contributed by atoms with Crippen LogP contribution in [0.4, 0.5) is 0 Å². The van der Waals surface area contributed by atoms with Crippen LogP contribution in [0.15, 0.2) is 4.99 Å². The van der Waals surface area contributed by atoms with E-state index < -0.39 is 0 Å². The fourth-order valence-corrected chi connectivity index (χ4v) is 0.613. The second-order valence-corrected chi connectivity index (χ2v) is 3.34. The van der Waals surface area contributed by atoms with Gasteiger partial charge in [-0.2, -0.15) is 0 Å². The van der Waals surface area contributed by atoms with Crippen molar-refractivity contribution in [3.63, 3.8) is 0 Å². The Labute approximate surface area is 87.0 Å². The van der Waals surface area contributed by atoms with Crippen LogP contribution in [-0.2, 0) is 4.79 Å². The molecule has 0 aliphatic heterocycles. The summed E-state index contributed by atoms with van der Waals surface area (Å²) in [6.07, 6.45) is 0.882. The quantitative estimate of drug-likeness (QED) is 0.527. The first kappa shape index (κ1) is 15.4. The van der Waals surface area contributed by atoms with Crippen molar-refractivity contribution in [2.24, 2.45) is 10.7 Å². The fraction of sp³-hybridized carbons (Fsp3) is 0.800. The monoisotopic (exact) mass is 201 g/mol. The fourth-order valence-electron chi connectivity index (χ4n) is 0.613. The highest BCUT2D eigenvalue weighted by molar-refractivity contribution is 5.95. The van der Waals surface area contributed by atoms with Crippen molar-refractivity contribution in [1.82, 2.24) is 5.32 Å². The molecule has 3 N–H and O–H groups in total. The van der Waals surface area contributed by atoms with Gasteiger partial charge in [0, 0.05) is 6.92 Å². The van der Waals surface area contributed by atoms with Crippen LogP contribution in [0.5, 0.6) is 0 Å². The maximum absolute atomic E-state index is 10.6. The number of nitrogens with one attached hydrogen (secondary N) is 1. The first-order chi connectivity index (χ1) is 6.37. The van der Waals surface area contributed by atoms with Crippen molar-refractivity contribution in [3.05, 3.63) is 0 Å². The number of nitrogens with zero attached hydrogens (tertiary/aromatic N) is 1. The van der Waals surface area contributed by atoms with E-state index in [4.69, 9.17) is 5.73 Å². The summed E-state index contributed by atoms with van der Waals surface area (Å²) in [5, 5.41) is 2.42. The smallest absolute Gasteiger partial charge is 0.223 e. The molecule has 0 rings (SSSR count). The van der Waals surface area contributed by atoms with Crippen molar-refractivity contribution < 1.29 is 4.79 Å². The van der Waals surface area contributed by atoms with Gasteiger partial charge in [-0.05, 0) is 20.3 Å². The van der Waals surface area contributed by atoms with Crippen molar-refractivity contribution in [2.45, 2.75) is 53.5 Å². The Morgan fingerprint density at radius 1 is 1.43 bits per heavy atom. The zero-order chi connectivity index (χ0) is 11.8. The third kappa shape index (κ3) is 9.03. The molecule has 14 heavy (non-hydrogen) atoms. The minimum absolute atomic E-state index is 0.189. The second kappa shape index (κ2) is 7.35. The number of carbonyl (C=O) groups excluding carboxylic acids is 1. The van der Waals surface area contributed by atoms with Gasteiger partial charge in [-0.25, -0.2) is 4.99 Å². The third-order valence-electron chi connectivity index (χ3n) is 1.59. The van der Waals surface area contributed by atoms with E-state index in [0.717, 1.165) is 6.42 Å². The summed E-state index contributed by atoms with van der Waals surface area (Å²) >= 11 is 0. The molecular weight excluding hydrogens is 178 g/mol. The molecule has 0 atom stereocenters. The number of guanidine groups is 1. The van der Waals surface area contributed by atoms with Gasteiger partial charge in [-0.1, -0.05) is 20.8 Å². The Bertz CT molecular complexity index is 198. The van der Waals surface area contributed by atoms with E-state index in [1.165, 1.54) is 6.92 Å². The lowest BCUT2D eigenvalue weighted by Gasteiger charge is -2.17. The van der Waals surface area contributed by atoms with Crippen LogP contribution in [0, 0.1) is 0 Å². The van der Waals surface area contributed by atoms with Crippen LogP contribution in [0.25, 0.3) is 0 Å². The van der Waals surface area contributed by atoms with E-state index in [1.807, 2.05) is 34.6 Å². The molecule has 4 heteroatoms. The molecule has 0 aromatic carbocycles. The van der Waals surface area contributed by atoms with E-state index in [2.05, 4.69) is 10.3 Å². The Kier molecular flexibility index (Phi) is 8.10. The van der Waals surface area contributed by atoms with Crippen molar-refractivity contribution in [2.75, 3.05) is 0 Å². The molecule has 0 saturated heterocycles. The number of hydrogen-bond acceptors (Lipinski definition) is 2. The zero-order valence-electron chi connectivity index (χ0n) is 10.1. The topological polar surface area (TPSA) is 67.5 Å². The van der Waals surface area contributed by atoms with Gasteiger partial charge in [0.25, 0.3) is 0 Å². The largest absolute Gasteiger partial charge is 0.370 e. The molecule has 84 valence electrons. The molecule has 4 nitrogen and oxygen atoms in total. The molecule has 0 bridgehead atoms. The number of nitrogens with two attached hydrogens (primary N) is 1. The van der Waals surface area contributed by atoms with Crippen LogP contribution in [0.3, 0.4) is 0 Å². The first-order valence-electron chi connectivity index (χ1n) is 5.00. The number of hydrogen-bond donors (Lipinski definition) is 2. The molecule has 0 aromatic heterocycles. The first-order valence-corrected chi connectivity index (χ1v) is 5.00. The lowest BCUT2D eigenvalue weighted by Crippen LogP contribution is -2.37. The molecule has 0 heterocycles. The van der Waals surface area contributed by atoms with E-state index in [1.54, 1.807) is 0 Å². The standard InChI is InChI=1S/C8H17N3O.C2H6/c1-5-8(3,4)11-7(9)10-6(2)12;1-2/h5H2,1-4H3,(H3,9,10,11,12);1-2H3. The zero-order valence-corrected chi connectivity index (χ0v) is 10.1. The molecule has 1 amide bonds. The average Bonchev–Trinajstić information content (AvgIpc) is 2.05. The second-order valence-electron chi connectivity index (χ2n) is 3.34. The molecule has 0 aromatic rings. The number of aliphatic imine (C=N–C) groups is 1. The van der Waals surface area contributed by atoms with Crippen LogP contribution in [0.2, 0.25) is 0 Å². The molecule has 0 saturated carbocycles. The Hall–Kier alpha value is -1.06. The van der Waals surface area contributed by atoms with Crippen molar-refractivity contribution >= 4 is 11.9 Å². The van der Waals surface area contributed by atoms with Gasteiger partial charge < -0.3 is 5.73 Å². The highest BCUT2D eigenvalue weighted by Gasteiger charge is 2.13. The predicted molar refractivity (Wildman–Crippen MR) is 61.2 cm³/mol. The lowest BCUT2D eigenvalue weighted by molar-refractivity contribution is -0.117. The summed E-state index contributed by atoms with van der Waals surface area (Å²) in [6.45, 7) is 11.3. The van der Waals surface area contributed by atoms with Crippen LogP contribution in [0.1, 0.15) is 48.0 Å². The lowest BCUT2D eigenvalue weighted by atomic mass is 10.0. The van der Waals surface area contributed by atoms with Gasteiger partial charge in [0.05, 0.1) is 5.54 Å². The van der Waals surface area contributed by atoms with E-state index in [-0.39, 0.29) is 17.4 Å². The summed E-state index contributed by atoms with van der Waals surface area (Å²) in [5.41, 5.74) is 5.25. The van der Waals surface area contributed by atoms with E-state index >= 15 is 0 Å². The van der Waals surface area contributed by atoms with E-state index in [9.17, 15) is 4.79 Å².